The minimum Gasteiger partial charge on any atom is -0.380 e. The van der Waals surface area contributed by atoms with Crippen LogP contribution in [0.1, 0.15) is 29.7 Å². The lowest BCUT2D eigenvalue weighted by molar-refractivity contribution is 0.107. The summed E-state index contributed by atoms with van der Waals surface area (Å²) in [5.41, 5.74) is 2.35. The van der Waals surface area contributed by atoms with Gasteiger partial charge in [0.1, 0.15) is 5.82 Å². The van der Waals surface area contributed by atoms with Gasteiger partial charge in [-0.25, -0.2) is 9.50 Å². The minimum absolute atomic E-state index is 0.170. The predicted molar refractivity (Wildman–Crippen MR) is 84.9 cm³/mol. The van der Waals surface area contributed by atoms with Crippen LogP contribution in [-0.4, -0.2) is 49.5 Å². The largest absolute Gasteiger partial charge is 0.380 e. The van der Waals surface area contributed by atoms with Crippen molar-refractivity contribution in [1.82, 2.24) is 29.7 Å². The molecule has 23 heavy (non-hydrogen) atoms. The number of likely N-dealkylation sites (tertiary alicyclic amines) is 1. The number of pyridine rings is 1. The predicted octanol–water partition coefficient (Wildman–Crippen LogP) is 1.72. The third-order valence-electron chi connectivity index (χ3n) is 4.49. The Labute approximate surface area is 134 Å². The molecule has 1 aliphatic heterocycles. The van der Waals surface area contributed by atoms with Crippen LogP contribution in [0.4, 0.5) is 0 Å². The Morgan fingerprint density at radius 2 is 2.30 bits per heavy atom. The fourth-order valence-corrected chi connectivity index (χ4v) is 3.31. The Balaban J connectivity index is 1.62. The molecule has 1 saturated heterocycles. The lowest BCUT2D eigenvalue weighted by Gasteiger charge is -2.21. The van der Waals surface area contributed by atoms with Crippen molar-refractivity contribution >= 4 is 5.52 Å². The third-order valence-corrected chi connectivity index (χ3v) is 4.49. The van der Waals surface area contributed by atoms with Gasteiger partial charge in [0.2, 0.25) is 0 Å². The number of hydrogen-bond acceptors (Lipinski definition) is 5. The van der Waals surface area contributed by atoms with Crippen molar-refractivity contribution in [2.24, 2.45) is 0 Å². The highest BCUT2D eigenvalue weighted by molar-refractivity contribution is 5.53. The Morgan fingerprint density at radius 3 is 3.09 bits per heavy atom. The van der Waals surface area contributed by atoms with E-state index in [0.717, 1.165) is 36.7 Å². The molecule has 0 radical (unpaired) electrons. The summed E-state index contributed by atoms with van der Waals surface area (Å²) >= 11 is 0. The highest BCUT2D eigenvalue weighted by Gasteiger charge is 2.35. The van der Waals surface area contributed by atoms with Crippen LogP contribution >= 0.6 is 0 Å². The zero-order chi connectivity index (χ0) is 15.8. The maximum Gasteiger partial charge on any atom is 0.167 e. The van der Waals surface area contributed by atoms with Crippen molar-refractivity contribution in [3.05, 3.63) is 47.8 Å². The normalized spacial score (nSPS) is 22.2. The molecule has 4 rings (SSSR count). The molecule has 4 heterocycles. The lowest BCUT2D eigenvalue weighted by Crippen LogP contribution is -2.25. The van der Waals surface area contributed by atoms with E-state index in [9.17, 15) is 0 Å². The highest BCUT2D eigenvalue weighted by Crippen LogP contribution is 2.33. The summed E-state index contributed by atoms with van der Waals surface area (Å²) in [5, 5.41) is 11.7. The second-order valence-electron chi connectivity index (χ2n) is 6.02. The Kier molecular flexibility index (Phi) is 3.59. The van der Waals surface area contributed by atoms with Gasteiger partial charge in [-0.3, -0.25) is 10.00 Å². The van der Waals surface area contributed by atoms with Gasteiger partial charge in [-0.15, -0.1) is 0 Å². The number of methoxy groups -OCH3 is 1. The van der Waals surface area contributed by atoms with Crippen LogP contribution in [0.5, 0.6) is 0 Å². The number of fused-ring (bicyclic) bond motifs is 1. The number of aryl methyl sites for hydroxylation is 1. The van der Waals surface area contributed by atoms with Crippen LogP contribution < -0.4 is 0 Å². The zero-order valence-corrected chi connectivity index (χ0v) is 13.3. The summed E-state index contributed by atoms with van der Waals surface area (Å²) < 4.78 is 7.49. The molecule has 7 heteroatoms. The molecule has 1 aliphatic rings. The maximum atomic E-state index is 5.58. The molecule has 0 spiro atoms. The number of H-pyrrole nitrogens is 1. The third kappa shape index (κ3) is 2.62. The molecule has 1 N–H and O–H groups in total. The molecule has 3 aromatic rings. The van der Waals surface area contributed by atoms with E-state index < -0.39 is 0 Å². The molecule has 0 bridgehead atoms. The van der Waals surface area contributed by atoms with Crippen molar-refractivity contribution in [3.8, 4) is 0 Å². The topological polar surface area (TPSA) is 71.3 Å². The smallest absolute Gasteiger partial charge is 0.167 e. The van der Waals surface area contributed by atoms with Crippen LogP contribution in [0, 0.1) is 6.92 Å². The molecular weight excluding hydrogens is 292 g/mol. The van der Waals surface area contributed by atoms with Crippen molar-refractivity contribution in [2.45, 2.75) is 32.0 Å². The number of ether oxygens (including phenoxy) is 1. The zero-order valence-electron chi connectivity index (χ0n) is 13.3. The van der Waals surface area contributed by atoms with E-state index in [0.29, 0.717) is 0 Å². The van der Waals surface area contributed by atoms with Gasteiger partial charge in [-0.1, -0.05) is 6.07 Å². The van der Waals surface area contributed by atoms with Gasteiger partial charge in [0.25, 0.3) is 0 Å². The monoisotopic (exact) mass is 312 g/mol. The molecule has 0 aromatic carbocycles. The first-order chi connectivity index (χ1) is 11.2. The van der Waals surface area contributed by atoms with Crippen LogP contribution in [0.2, 0.25) is 0 Å². The van der Waals surface area contributed by atoms with Crippen LogP contribution in [0.15, 0.2) is 30.6 Å². The number of aromatic nitrogens is 5. The van der Waals surface area contributed by atoms with Gasteiger partial charge in [0, 0.05) is 32.0 Å². The number of rotatable bonds is 4. The molecule has 0 saturated carbocycles. The molecule has 0 unspecified atom stereocenters. The van der Waals surface area contributed by atoms with Gasteiger partial charge < -0.3 is 4.74 Å². The van der Waals surface area contributed by atoms with Crippen molar-refractivity contribution in [2.75, 3.05) is 13.7 Å². The molecule has 0 amide bonds. The summed E-state index contributed by atoms with van der Waals surface area (Å²) in [6.07, 6.45) is 5.03. The molecular formula is C16H20N6O. The molecule has 120 valence electrons. The van der Waals surface area contributed by atoms with E-state index in [1.807, 2.05) is 36.0 Å². The number of aromatic amines is 1. The van der Waals surface area contributed by atoms with Crippen LogP contribution in [0.25, 0.3) is 5.52 Å². The maximum absolute atomic E-state index is 5.58. The number of nitrogens with one attached hydrogen (secondary N) is 1. The fraction of sp³-hybridized carbons (Fsp3) is 0.438. The number of hydrogen-bond donors (Lipinski definition) is 1. The van der Waals surface area contributed by atoms with E-state index in [2.05, 4.69) is 31.2 Å². The van der Waals surface area contributed by atoms with E-state index in [-0.39, 0.29) is 12.1 Å². The average Bonchev–Trinajstić information content (AvgIpc) is 3.27. The van der Waals surface area contributed by atoms with Crippen molar-refractivity contribution in [1.29, 1.82) is 0 Å². The summed E-state index contributed by atoms with van der Waals surface area (Å²) in [7, 11) is 1.77. The second-order valence-corrected chi connectivity index (χ2v) is 6.02. The first-order valence-corrected chi connectivity index (χ1v) is 7.81. The lowest BCUT2D eigenvalue weighted by atomic mass is 10.1. The highest BCUT2D eigenvalue weighted by atomic mass is 16.5. The first-order valence-electron chi connectivity index (χ1n) is 7.81. The molecule has 2 atom stereocenters. The number of nitrogens with zero attached hydrogens (tertiary/aromatic N) is 5. The SMILES string of the molecule is CO[C@@H]1C[C@@H](c2n[nH]c(C)n2)N(Cc2cnn3ccccc23)C1. The standard InChI is InChI=1S/C16H20N6O/c1-11-18-16(20-19-11)15-7-13(23-2)10-21(15)9-12-8-17-22-6-4-3-5-14(12)22/h3-6,8,13,15H,7,9-10H2,1-2H3,(H,18,19,20)/t13-,15+/m1/s1. The quantitative estimate of drug-likeness (QED) is 0.794. The minimum atomic E-state index is 0.170. The summed E-state index contributed by atoms with van der Waals surface area (Å²) in [5.74, 6) is 1.69. The summed E-state index contributed by atoms with van der Waals surface area (Å²) in [4.78, 5) is 6.89. The Hall–Kier alpha value is -2.25. The molecule has 1 fully saturated rings. The fourth-order valence-electron chi connectivity index (χ4n) is 3.31. The Bertz CT molecular complexity index is 810. The summed E-state index contributed by atoms with van der Waals surface area (Å²) in [6, 6.07) is 6.29. The van der Waals surface area contributed by atoms with E-state index in [1.54, 1.807) is 7.11 Å². The van der Waals surface area contributed by atoms with E-state index >= 15 is 0 Å². The second kappa shape index (κ2) is 5.75. The summed E-state index contributed by atoms with van der Waals surface area (Å²) in [6.45, 7) is 3.61. The molecule has 7 nitrogen and oxygen atoms in total. The van der Waals surface area contributed by atoms with Gasteiger partial charge >= 0.3 is 0 Å². The van der Waals surface area contributed by atoms with Crippen LogP contribution in [0.3, 0.4) is 0 Å². The molecule has 0 aliphatic carbocycles. The van der Waals surface area contributed by atoms with E-state index in [1.165, 1.54) is 5.56 Å². The average molecular weight is 312 g/mol. The van der Waals surface area contributed by atoms with Crippen molar-refractivity contribution < 1.29 is 4.74 Å². The Morgan fingerprint density at radius 1 is 1.39 bits per heavy atom. The van der Waals surface area contributed by atoms with Crippen molar-refractivity contribution in [3.63, 3.8) is 0 Å². The van der Waals surface area contributed by atoms with Gasteiger partial charge in [0.05, 0.1) is 23.9 Å². The van der Waals surface area contributed by atoms with E-state index in [4.69, 9.17) is 4.74 Å². The van der Waals surface area contributed by atoms with Crippen LogP contribution in [-0.2, 0) is 11.3 Å². The van der Waals surface area contributed by atoms with Gasteiger partial charge in [-0.2, -0.15) is 10.2 Å². The molecule has 3 aromatic heterocycles. The van der Waals surface area contributed by atoms with Gasteiger partial charge in [0.15, 0.2) is 5.82 Å². The van der Waals surface area contributed by atoms with Gasteiger partial charge in [-0.05, 0) is 25.5 Å². The first kappa shape index (κ1) is 14.3.